The van der Waals surface area contributed by atoms with Gasteiger partial charge >= 0.3 is 0 Å². The number of morpholine rings is 1. The smallest absolute Gasteiger partial charge is 0.262 e. The number of nitrogens with one attached hydrogen (secondary N) is 1. The van der Waals surface area contributed by atoms with Gasteiger partial charge in [-0.3, -0.25) is 4.79 Å². The Balaban J connectivity index is 0.00000192. The number of aliphatic hydroxyl groups excluding tert-OH is 1. The zero-order valence-corrected chi connectivity index (χ0v) is 14.4. The summed E-state index contributed by atoms with van der Waals surface area (Å²) in [6.45, 7) is 1.74. The van der Waals surface area contributed by atoms with E-state index in [0.29, 0.717) is 32.7 Å². The van der Waals surface area contributed by atoms with Crippen LogP contribution in [0.15, 0.2) is 17.5 Å². The lowest BCUT2D eigenvalue weighted by Gasteiger charge is -2.39. The first-order chi connectivity index (χ1) is 10.6. The molecule has 1 aromatic heterocycles. The highest BCUT2D eigenvalue weighted by molar-refractivity contribution is 7.10. The van der Waals surface area contributed by atoms with Crippen LogP contribution < -0.4 is 5.32 Å². The van der Waals surface area contributed by atoms with Crippen LogP contribution in [-0.2, 0) is 9.53 Å². The van der Waals surface area contributed by atoms with Gasteiger partial charge in [0.15, 0.2) is 0 Å². The molecule has 1 amide bonds. The SMILES string of the molecule is Cl.O=C(N1CCOCC1CC(O)c1cccs1)C1(F)CCNC1. The van der Waals surface area contributed by atoms with Gasteiger partial charge in [0.1, 0.15) is 0 Å². The Morgan fingerprint density at radius 1 is 1.65 bits per heavy atom. The van der Waals surface area contributed by atoms with E-state index in [2.05, 4.69) is 5.32 Å². The number of rotatable bonds is 4. The maximum absolute atomic E-state index is 14.7. The summed E-state index contributed by atoms with van der Waals surface area (Å²) in [5, 5.41) is 15.1. The van der Waals surface area contributed by atoms with Gasteiger partial charge in [-0.15, -0.1) is 23.7 Å². The normalized spacial score (nSPS) is 29.1. The highest BCUT2D eigenvalue weighted by Crippen LogP contribution is 2.29. The van der Waals surface area contributed by atoms with E-state index in [1.165, 1.54) is 11.3 Å². The first kappa shape index (κ1) is 18.6. The van der Waals surface area contributed by atoms with Crippen molar-refractivity contribution in [3.63, 3.8) is 0 Å². The van der Waals surface area contributed by atoms with Crippen molar-refractivity contribution in [3.8, 4) is 0 Å². The first-order valence-corrected chi connectivity index (χ1v) is 8.48. The van der Waals surface area contributed by atoms with E-state index >= 15 is 0 Å². The maximum atomic E-state index is 14.7. The van der Waals surface area contributed by atoms with Gasteiger partial charge in [0, 0.05) is 30.8 Å². The van der Waals surface area contributed by atoms with Crippen LogP contribution in [0.5, 0.6) is 0 Å². The Hall–Kier alpha value is -0.730. The molecule has 3 heterocycles. The van der Waals surface area contributed by atoms with Gasteiger partial charge in [0.05, 0.1) is 25.4 Å². The molecule has 2 N–H and O–H groups in total. The molecule has 5 nitrogen and oxygen atoms in total. The molecule has 2 aliphatic rings. The monoisotopic (exact) mass is 364 g/mol. The largest absolute Gasteiger partial charge is 0.387 e. The molecule has 8 heteroatoms. The minimum absolute atomic E-state index is 0. The summed E-state index contributed by atoms with van der Waals surface area (Å²) >= 11 is 1.48. The summed E-state index contributed by atoms with van der Waals surface area (Å²) in [7, 11) is 0. The molecule has 2 aliphatic heterocycles. The number of aliphatic hydroxyl groups is 1. The fourth-order valence-corrected chi connectivity index (χ4v) is 3.80. The summed E-state index contributed by atoms with van der Waals surface area (Å²) in [6, 6.07) is 3.46. The van der Waals surface area contributed by atoms with Crippen LogP contribution >= 0.6 is 23.7 Å². The fraction of sp³-hybridized carbons (Fsp3) is 0.667. The highest BCUT2D eigenvalue weighted by atomic mass is 35.5. The van der Waals surface area contributed by atoms with Crippen molar-refractivity contribution in [2.24, 2.45) is 0 Å². The molecule has 0 saturated carbocycles. The molecule has 3 rings (SSSR count). The molecular formula is C15H22ClFN2O3S. The van der Waals surface area contributed by atoms with Gasteiger partial charge in [-0.2, -0.15) is 0 Å². The van der Waals surface area contributed by atoms with Crippen molar-refractivity contribution in [2.45, 2.75) is 30.7 Å². The van der Waals surface area contributed by atoms with Crippen LogP contribution in [0.25, 0.3) is 0 Å². The maximum Gasteiger partial charge on any atom is 0.262 e. The van der Waals surface area contributed by atoms with E-state index in [4.69, 9.17) is 4.74 Å². The van der Waals surface area contributed by atoms with E-state index in [9.17, 15) is 14.3 Å². The third-order valence-electron chi connectivity index (χ3n) is 4.34. The van der Waals surface area contributed by atoms with Crippen LogP contribution in [0.3, 0.4) is 0 Å². The van der Waals surface area contributed by atoms with Crippen LogP contribution in [-0.4, -0.2) is 60.5 Å². The summed E-state index contributed by atoms with van der Waals surface area (Å²) in [4.78, 5) is 15.0. The number of ether oxygens (including phenoxy) is 1. The Bertz CT molecular complexity index is 511. The summed E-state index contributed by atoms with van der Waals surface area (Å²) in [5.41, 5.74) is -1.82. The van der Waals surface area contributed by atoms with Gasteiger partial charge in [-0.25, -0.2) is 4.39 Å². The van der Waals surface area contributed by atoms with Crippen molar-refractivity contribution < 1.29 is 19.0 Å². The molecular weight excluding hydrogens is 343 g/mol. The number of carbonyl (C=O) groups excluding carboxylic acids is 1. The average Bonchev–Trinajstić information content (AvgIpc) is 3.19. The van der Waals surface area contributed by atoms with Crippen LogP contribution in [0.2, 0.25) is 0 Å². The third kappa shape index (κ3) is 4.03. The highest BCUT2D eigenvalue weighted by Gasteiger charge is 2.46. The van der Waals surface area contributed by atoms with E-state index in [-0.39, 0.29) is 31.4 Å². The first-order valence-electron chi connectivity index (χ1n) is 7.60. The molecule has 23 heavy (non-hydrogen) atoms. The van der Waals surface area contributed by atoms with Gasteiger partial charge in [-0.1, -0.05) is 6.07 Å². The Kier molecular flexibility index (Phi) is 6.39. The zero-order valence-electron chi connectivity index (χ0n) is 12.7. The number of nitrogens with zero attached hydrogens (tertiary/aromatic N) is 1. The number of amides is 1. The summed E-state index contributed by atoms with van der Waals surface area (Å²) < 4.78 is 20.2. The summed E-state index contributed by atoms with van der Waals surface area (Å²) in [5.74, 6) is -0.468. The molecule has 0 spiro atoms. The zero-order chi connectivity index (χ0) is 15.6. The molecule has 3 atom stereocenters. The van der Waals surface area contributed by atoms with E-state index in [1.54, 1.807) is 4.90 Å². The van der Waals surface area contributed by atoms with Gasteiger partial charge in [0.2, 0.25) is 5.67 Å². The van der Waals surface area contributed by atoms with Crippen molar-refractivity contribution in [1.29, 1.82) is 0 Å². The standard InChI is InChI=1S/C15H21FN2O3S.ClH/c16-15(3-4-17-10-15)14(20)18-5-6-21-9-11(18)8-12(19)13-2-1-7-22-13;/h1-2,7,11-12,17,19H,3-6,8-10H2;1H. The third-order valence-corrected chi connectivity index (χ3v) is 5.32. The lowest BCUT2D eigenvalue weighted by Crippen LogP contribution is -2.56. The van der Waals surface area contributed by atoms with Crippen molar-refractivity contribution >= 4 is 29.7 Å². The number of carbonyl (C=O) groups is 1. The molecule has 130 valence electrons. The molecule has 0 aromatic carbocycles. The van der Waals surface area contributed by atoms with Crippen LogP contribution in [0, 0.1) is 0 Å². The van der Waals surface area contributed by atoms with Crippen molar-refractivity contribution in [3.05, 3.63) is 22.4 Å². The number of hydrogen-bond acceptors (Lipinski definition) is 5. The quantitative estimate of drug-likeness (QED) is 0.850. The average molecular weight is 365 g/mol. The second-order valence-corrected chi connectivity index (χ2v) is 6.87. The molecule has 3 unspecified atom stereocenters. The van der Waals surface area contributed by atoms with Crippen molar-refractivity contribution in [2.75, 3.05) is 32.8 Å². The molecule has 2 fully saturated rings. The Morgan fingerprint density at radius 3 is 3.13 bits per heavy atom. The van der Waals surface area contributed by atoms with Gasteiger partial charge < -0.3 is 20.1 Å². The summed E-state index contributed by atoms with van der Waals surface area (Å²) in [6.07, 6.45) is -0.0710. The van der Waals surface area contributed by atoms with Gasteiger partial charge in [0.25, 0.3) is 5.91 Å². The molecule has 0 aliphatic carbocycles. The number of halogens is 2. The second-order valence-electron chi connectivity index (χ2n) is 5.89. The minimum atomic E-state index is -1.82. The molecule has 0 bridgehead atoms. The van der Waals surface area contributed by atoms with Crippen LogP contribution in [0.1, 0.15) is 23.8 Å². The lowest BCUT2D eigenvalue weighted by atomic mass is 9.99. The number of alkyl halides is 1. The predicted molar refractivity (Wildman–Crippen MR) is 88.8 cm³/mol. The molecule has 1 aromatic rings. The van der Waals surface area contributed by atoms with Crippen LogP contribution in [0.4, 0.5) is 4.39 Å². The Morgan fingerprint density at radius 2 is 2.48 bits per heavy atom. The van der Waals surface area contributed by atoms with Crippen molar-refractivity contribution in [1.82, 2.24) is 10.2 Å². The van der Waals surface area contributed by atoms with E-state index in [0.717, 1.165) is 4.88 Å². The fourth-order valence-electron chi connectivity index (χ4n) is 3.07. The van der Waals surface area contributed by atoms with E-state index < -0.39 is 17.7 Å². The molecule has 0 radical (unpaired) electrons. The number of hydrogen-bond donors (Lipinski definition) is 2. The van der Waals surface area contributed by atoms with E-state index in [1.807, 2.05) is 17.5 Å². The topological polar surface area (TPSA) is 61.8 Å². The number of thiophene rings is 1. The van der Waals surface area contributed by atoms with Gasteiger partial charge in [-0.05, 0) is 18.0 Å². The second kappa shape index (κ2) is 7.90. The minimum Gasteiger partial charge on any atom is -0.387 e. The molecule has 2 saturated heterocycles. The Labute approximate surface area is 145 Å². The lowest BCUT2D eigenvalue weighted by molar-refractivity contribution is -0.152. The predicted octanol–water partition coefficient (Wildman–Crippen LogP) is 1.52.